The van der Waals surface area contributed by atoms with Crippen molar-refractivity contribution in [2.24, 2.45) is 7.05 Å². The average molecular weight is 429 g/mol. The summed E-state index contributed by atoms with van der Waals surface area (Å²) in [5, 5.41) is 8.91. The molecular weight excluding hydrogens is 400 g/mol. The van der Waals surface area contributed by atoms with Gasteiger partial charge in [0.2, 0.25) is 10.0 Å². The zero-order valence-electron chi connectivity index (χ0n) is 17.9. The summed E-state index contributed by atoms with van der Waals surface area (Å²) in [6.45, 7) is 8.71. The molecule has 1 aliphatic heterocycles. The normalized spacial score (nSPS) is 16.3. The zero-order valence-corrected chi connectivity index (χ0v) is 18.7. The van der Waals surface area contributed by atoms with Gasteiger partial charge in [-0.1, -0.05) is 18.2 Å². The standard InChI is InChI=1S/C21H28N6O2S/c1-16-19(14-24(4)22-16)15-25-10-12-26(13-11-25)30(28,29)21-17(2)23-27(18(21)3)20-8-6-5-7-9-20/h5-9,14H,10-13,15H2,1-4H3. The molecule has 0 unspecified atom stereocenters. The first-order valence-electron chi connectivity index (χ1n) is 10.1. The minimum Gasteiger partial charge on any atom is -0.296 e. The van der Waals surface area contributed by atoms with Crippen LogP contribution in [0.25, 0.3) is 5.69 Å². The third kappa shape index (κ3) is 3.80. The minimum absolute atomic E-state index is 0.322. The highest BCUT2D eigenvalue weighted by molar-refractivity contribution is 7.89. The third-order valence-corrected chi connectivity index (χ3v) is 7.82. The molecule has 3 heterocycles. The lowest BCUT2D eigenvalue weighted by molar-refractivity contribution is 0.181. The summed E-state index contributed by atoms with van der Waals surface area (Å²) in [7, 11) is -1.69. The topological polar surface area (TPSA) is 76.3 Å². The fourth-order valence-electron chi connectivity index (χ4n) is 4.12. The van der Waals surface area contributed by atoms with Crippen molar-refractivity contribution in [3.05, 3.63) is 59.2 Å². The first kappa shape index (κ1) is 20.8. The van der Waals surface area contributed by atoms with Crippen LogP contribution in [0.1, 0.15) is 22.6 Å². The molecule has 1 aromatic carbocycles. The van der Waals surface area contributed by atoms with Gasteiger partial charge in [-0.25, -0.2) is 13.1 Å². The van der Waals surface area contributed by atoms with Gasteiger partial charge < -0.3 is 0 Å². The summed E-state index contributed by atoms with van der Waals surface area (Å²) < 4.78 is 32.0. The van der Waals surface area contributed by atoms with E-state index in [2.05, 4.69) is 15.1 Å². The third-order valence-electron chi connectivity index (χ3n) is 5.66. The highest BCUT2D eigenvalue weighted by Gasteiger charge is 2.33. The molecule has 9 heteroatoms. The van der Waals surface area contributed by atoms with Gasteiger partial charge in [-0.3, -0.25) is 9.58 Å². The van der Waals surface area contributed by atoms with E-state index in [1.54, 1.807) is 15.9 Å². The summed E-state index contributed by atoms with van der Waals surface area (Å²) in [5.74, 6) is 0. The molecule has 0 atom stereocenters. The Hall–Kier alpha value is -2.49. The summed E-state index contributed by atoms with van der Waals surface area (Å²) in [4.78, 5) is 2.60. The van der Waals surface area contributed by atoms with Crippen molar-refractivity contribution in [2.75, 3.05) is 26.2 Å². The van der Waals surface area contributed by atoms with Crippen molar-refractivity contribution < 1.29 is 8.42 Å². The van der Waals surface area contributed by atoms with E-state index in [0.29, 0.717) is 42.5 Å². The fraction of sp³-hybridized carbons (Fsp3) is 0.429. The van der Waals surface area contributed by atoms with Crippen molar-refractivity contribution in [3.8, 4) is 5.69 Å². The van der Waals surface area contributed by atoms with E-state index in [1.807, 2.05) is 62.1 Å². The predicted molar refractivity (Wildman–Crippen MR) is 115 cm³/mol. The van der Waals surface area contributed by atoms with Crippen LogP contribution in [-0.4, -0.2) is 63.4 Å². The molecule has 4 rings (SSSR count). The van der Waals surface area contributed by atoms with Crippen molar-refractivity contribution >= 4 is 10.0 Å². The highest BCUT2D eigenvalue weighted by atomic mass is 32.2. The molecule has 0 amide bonds. The molecule has 0 saturated carbocycles. The maximum Gasteiger partial charge on any atom is 0.246 e. The number of sulfonamides is 1. The van der Waals surface area contributed by atoms with Crippen LogP contribution >= 0.6 is 0 Å². The summed E-state index contributed by atoms with van der Waals surface area (Å²) in [6, 6.07) is 9.62. The van der Waals surface area contributed by atoms with E-state index >= 15 is 0 Å². The van der Waals surface area contributed by atoms with Crippen LogP contribution in [0, 0.1) is 20.8 Å². The van der Waals surface area contributed by atoms with E-state index in [-0.39, 0.29) is 0 Å². The molecule has 8 nitrogen and oxygen atoms in total. The number of benzene rings is 1. The average Bonchev–Trinajstić information content (AvgIpc) is 3.20. The molecule has 0 N–H and O–H groups in total. The van der Waals surface area contributed by atoms with Crippen molar-refractivity contribution in [2.45, 2.75) is 32.2 Å². The van der Waals surface area contributed by atoms with Crippen LogP contribution in [-0.2, 0) is 23.6 Å². The van der Waals surface area contributed by atoms with Crippen LogP contribution in [0.3, 0.4) is 0 Å². The molecular formula is C21H28N6O2S. The predicted octanol–water partition coefficient (Wildman–Crippen LogP) is 2.04. The summed E-state index contributed by atoms with van der Waals surface area (Å²) in [5.41, 5.74) is 4.24. The molecule has 160 valence electrons. The Bertz CT molecular complexity index is 1140. The largest absolute Gasteiger partial charge is 0.296 e. The zero-order chi connectivity index (χ0) is 21.5. The van der Waals surface area contributed by atoms with Crippen LogP contribution in [0.5, 0.6) is 0 Å². The van der Waals surface area contributed by atoms with Crippen LogP contribution < -0.4 is 0 Å². The van der Waals surface area contributed by atoms with E-state index in [9.17, 15) is 8.42 Å². The highest BCUT2D eigenvalue weighted by Crippen LogP contribution is 2.26. The Morgan fingerprint density at radius 2 is 1.60 bits per heavy atom. The van der Waals surface area contributed by atoms with Gasteiger partial charge in [0.25, 0.3) is 0 Å². The van der Waals surface area contributed by atoms with Gasteiger partial charge in [-0.05, 0) is 32.9 Å². The van der Waals surface area contributed by atoms with Gasteiger partial charge in [0, 0.05) is 51.5 Å². The molecule has 2 aromatic heterocycles. The molecule has 3 aromatic rings. The number of nitrogens with zero attached hydrogens (tertiary/aromatic N) is 6. The van der Waals surface area contributed by atoms with E-state index in [0.717, 1.165) is 17.9 Å². The summed E-state index contributed by atoms with van der Waals surface area (Å²) in [6.07, 6.45) is 2.03. The Morgan fingerprint density at radius 1 is 0.933 bits per heavy atom. The first-order valence-corrected chi connectivity index (χ1v) is 11.5. The SMILES string of the molecule is Cc1nn(C)cc1CN1CCN(S(=O)(=O)c2c(C)nn(-c3ccccc3)c2C)CC1. The number of rotatable bonds is 5. The Labute approximate surface area is 177 Å². The number of para-hydroxylation sites is 1. The lowest BCUT2D eigenvalue weighted by Gasteiger charge is -2.33. The van der Waals surface area contributed by atoms with Crippen molar-refractivity contribution in [1.29, 1.82) is 0 Å². The second-order valence-electron chi connectivity index (χ2n) is 7.84. The lowest BCUT2D eigenvalue weighted by Crippen LogP contribution is -2.48. The molecule has 1 saturated heterocycles. The van der Waals surface area contributed by atoms with Gasteiger partial charge in [0.1, 0.15) is 4.90 Å². The number of aryl methyl sites for hydroxylation is 3. The molecule has 0 radical (unpaired) electrons. The maximum absolute atomic E-state index is 13.4. The Balaban J connectivity index is 1.51. The molecule has 0 spiro atoms. The van der Waals surface area contributed by atoms with E-state index in [1.165, 1.54) is 5.56 Å². The van der Waals surface area contributed by atoms with Crippen LogP contribution in [0.2, 0.25) is 0 Å². The number of hydrogen-bond acceptors (Lipinski definition) is 5. The van der Waals surface area contributed by atoms with Gasteiger partial charge in [-0.2, -0.15) is 14.5 Å². The second-order valence-corrected chi connectivity index (χ2v) is 9.72. The fourth-order valence-corrected chi connectivity index (χ4v) is 5.90. The number of piperazine rings is 1. The number of aromatic nitrogens is 4. The maximum atomic E-state index is 13.4. The Kier molecular flexibility index (Phi) is 5.52. The van der Waals surface area contributed by atoms with E-state index < -0.39 is 10.0 Å². The Morgan fingerprint density at radius 3 is 2.20 bits per heavy atom. The monoisotopic (exact) mass is 428 g/mol. The molecule has 0 aliphatic carbocycles. The molecule has 0 bridgehead atoms. The second kappa shape index (κ2) is 7.98. The summed E-state index contributed by atoms with van der Waals surface area (Å²) >= 11 is 0. The lowest BCUT2D eigenvalue weighted by atomic mass is 10.2. The van der Waals surface area contributed by atoms with E-state index in [4.69, 9.17) is 0 Å². The smallest absolute Gasteiger partial charge is 0.246 e. The van der Waals surface area contributed by atoms with Gasteiger partial charge in [-0.15, -0.1) is 0 Å². The van der Waals surface area contributed by atoms with Crippen molar-refractivity contribution in [3.63, 3.8) is 0 Å². The number of hydrogen-bond donors (Lipinski definition) is 0. The van der Waals surface area contributed by atoms with Gasteiger partial charge in [0.05, 0.1) is 22.8 Å². The van der Waals surface area contributed by atoms with Gasteiger partial charge >= 0.3 is 0 Å². The quantitative estimate of drug-likeness (QED) is 0.622. The van der Waals surface area contributed by atoms with Crippen molar-refractivity contribution in [1.82, 2.24) is 28.8 Å². The molecule has 1 fully saturated rings. The van der Waals surface area contributed by atoms with Crippen LogP contribution in [0.15, 0.2) is 41.4 Å². The van der Waals surface area contributed by atoms with Crippen LogP contribution in [0.4, 0.5) is 0 Å². The minimum atomic E-state index is -3.60. The molecule has 30 heavy (non-hydrogen) atoms. The first-order chi connectivity index (χ1) is 14.3. The van der Waals surface area contributed by atoms with Gasteiger partial charge in [0.15, 0.2) is 0 Å². The molecule has 1 aliphatic rings.